The lowest BCUT2D eigenvalue weighted by Gasteiger charge is -2.30. The Bertz CT molecular complexity index is 1090. The van der Waals surface area contributed by atoms with Crippen molar-refractivity contribution in [2.24, 2.45) is 0 Å². The number of halogens is 4. The molecule has 0 atom stereocenters. The van der Waals surface area contributed by atoms with Gasteiger partial charge in [-0.25, -0.2) is 4.39 Å². The molecule has 0 N–H and O–H groups in total. The quantitative estimate of drug-likeness (QED) is 0.403. The minimum atomic E-state index is -4.51. The van der Waals surface area contributed by atoms with Crippen LogP contribution in [0.1, 0.15) is 41.1 Å². The largest absolute Gasteiger partial charge is 0.467 e. The Hall–Kier alpha value is -3.62. The fourth-order valence-corrected chi connectivity index (χ4v) is 3.34. The van der Waals surface area contributed by atoms with Gasteiger partial charge in [-0.3, -0.25) is 9.59 Å². The second-order valence-electron chi connectivity index (χ2n) is 8.06. The highest BCUT2D eigenvalue weighted by Crippen LogP contribution is 2.29. The molecule has 1 heterocycles. The van der Waals surface area contributed by atoms with Crippen LogP contribution in [-0.2, 0) is 24.1 Å². The number of rotatable bonds is 8. The first-order valence-corrected chi connectivity index (χ1v) is 10.6. The van der Waals surface area contributed by atoms with Gasteiger partial charge >= 0.3 is 6.18 Å². The van der Waals surface area contributed by atoms with E-state index in [0.717, 1.165) is 24.3 Å². The van der Waals surface area contributed by atoms with Crippen LogP contribution in [0.2, 0.25) is 0 Å². The highest BCUT2D eigenvalue weighted by atomic mass is 19.4. The molecule has 0 saturated heterocycles. The molecular weight excluding hydrogens is 452 g/mol. The number of furan rings is 1. The number of alkyl halides is 3. The van der Waals surface area contributed by atoms with Gasteiger partial charge in [0.15, 0.2) is 0 Å². The van der Waals surface area contributed by atoms with Crippen LogP contribution in [0.15, 0.2) is 71.3 Å². The van der Waals surface area contributed by atoms with Gasteiger partial charge in [0, 0.05) is 18.2 Å². The first kappa shape index (κ1) is 25.0. The number of benzene rings is 2. The summed E-state index contributed by atoms with van der Waals surface area (Å²) in [6.07, 6.45) is -3.04. The number of carbonyl (C=O) groups is 2. The zero-order valence-corrected chi connectivity index (χ0v) is 18.7. The topological polar surface area (TPSA) is 53.8 Å². The second kappa shape index (κ2) is 10.5. The lowest BCUT2D eigenvalue weighted by Crippen LogP contribution is -2.45. The molecule has 3 aromatic rings. The maximum Gasteiger partial charge on any atom is 0.416 e. The third-order valence-corrected chi connectivity index (χ3v) is 5.22. The molecule has 1 aromatic heterocycles. The summed E-state index contributed by atoms with van der Waals surface area (Å²) < 4.78 is 57.2. The SMILES string of the molecule is CC(C)N(CC(=O)N(Cc1ccc(F)cc1)Cc1ccco1)C(=O)c1ccc(C(F)(F)F)cc1. The van der Waals surface area contributed by atoms with Crippen LogP contribution in [0.3, 0.4) is 0 Å². The second-order valence-corrected chi connectivity index (χ2v) is 8.06. The lowest BCUT2D eigenvalue weighted by molar-refractivity contribution is -0.137. The monoisotopic (exact) mass is 476 g/mol. The summed E-state index contributed by atoms with van der Waals surface area (Å²) >= 11 is 0. The Labute approximate surface area is 194 Å². The van der Waals surface area contributed by atoms with Gasteiger partial charge in [-0.15, -0.1) is 0 Å². The maximum atomic E-state index is 13.3. The van der Waals surface area contributed by atoms with Crippen molar-refractivity contribution in [2.45, 2.75) is 39.2 Å². The number of amides is 2. The van der Waals surface area contributed by atoms with Gasteiger partial charge in [-0.05, 0) is 67.9 Å². The Morgan fingerprint density at radius 2 is 1.59 bits per heavy atom. The van der Waals surface area contributed by atoms with Crippen LogP contribution in [0.4, 0.5) is 17.6 Å². The third kappa shape index (κ3) is 6.46. The number of nitrogens with zero attached hydrogens (tertiary/aromatic N) is 2. The van der Waals surface area contributed by atoms with E-state index >= 15 is 0 Å². The van der Waals surface area contributed by atoms with E-state index in [4.69, 9.17) is 4.42 Å². The van der Waals surface area contributed by atoms with Gasteiger partial charge in [0.25, 0.3) is 5.91 Å². The average molecular weight is 476 g/mol. The molecule has 2 amide bonds. The summed E-state index contributed by atoms with van der Waals surface area (Å²) in [4.78, 5) is 29.0. The fourth-order valence-electron chi connectivity index (χ4n) is 3.34. The summed E-state index contributed by atoms with van der Waals surface area (Å²) in [5, 5.41) is 0. The molecule has 0 aliphatic rings. The number of carbonyl (C=O) groups excluding carboxylic acids is 2. The fraction of sp³-hybridized carbons (Fsp3) is 0.280. The maximum absolute atomic E-state index is 13.3. The zero-order valence-electron chi connectivity index (χ0n) is 18.7. The van der Waals surface area contributed by atoms with Crippen LogP contribution >= 0.6 is 0 Å². The van der Waals surface area contributed by atoms with Crippen LogP contribution in [0.25, 0.3) is 0 Å². The standard InChI is InChI=1S/C25H24F4N2O3/c1-17(2)31(24(33)19-7-9-20(10-8-19)25(27,28)29)16-23(32)30(15-22-4-3-13-34-22)14-18-5-11-21(26)12-6-18/h3-13,17H,14-16H2,1-2H3. The normalized spacial score (nSPS) is 11.5. The molecule has 0 aliphatic heterocycles. The van der Waals surface area contributed by atoms with Crippen molar-refractivity contribution in [3.63, 3.8) is 0 Å². The van der Waals surface area contributed by atoms with Crippen molar-refractivity contribution in [3.05, 3.63) is 95.2 Å². The highest BCUT2D eigenvalue weighted by molar-refractivity contribution is 5.96. The molecule has 0 saturated carbocycles. The van der Waals surface area contributed by atoms with Gasteiger partial charge in [0.05, 0.1) is 18.4 Å². The van der Waals surface area contributed by atoms with Gasteiger partial charge in [0.2, 0.25) is 5.91 Å². The summed E-state index contributed by atoms with van der Waals surface area (Å²) in [6.45, 7) is 3.42. The predicted octanol–water partition coefficient (Wildman–Crippen LogP) is 5.52. The summed E-state index contributed by atoms with van der Waals surface area (Å²) in [5.74, 6) is -0.826. The Morgan fingerprint density at radius 3 is 2.12 bits per heavy atom. The van der Waals surface area contributed by atoms with Crippen LogP contribution in [0, 0.1) is 5.82 Å². The first-order valence-electron chi connectivity index (χ1n) is 10.6. The van der Waals surface area contributed by atoms with E-state index in [2.05, 4.69) is 0 Å². The van der Waals surface area contributed by atoms with Gasteiger partial charge < -0.3 is 14.2 Å². The van der Waals surface area contributed by atoms with Gasteiger partial charge in [-0.1, -0.05) is 12.1 Å². The van der Waals surface area contributed by atoms with Crippen molar-refractivity contribution in [1.82, 2.24) is 9.80 Å². The lowest BCUT2D eigenvalue weighted by atomic mass is 10.1. The molecule has 3 rings (SSSR count). The van der Waals surface area contributed by atoms with E-state index in [1.165, 1.54) is 28.2 Å². The summed E-state index contributed by atoms with van der Waals surface area (Å²) in [7, 11) is 0. The highest BCUT2D eigenvalue weighted by Gasteiger charge is 2.31. The predicted molar refractivity (Wildman–Crippen MR) is 117 cm³/mol. The van der Waals surface area contributed by atoms with E-state index in [0.29, 0.717) is 11.3 Å². The molecule has 5 nitrogen and oxygen atoms in total. The van der Waals surface area contributed by atoms with Gasteiger partial charge in [-0.2, -0.15) is 13.2 Å². The molecule has 2 aromatic carbocycles. The Morgan fingerprint density at radius 1 is 0.941 bits per heavy atom. The number of hydrogen-bond acceptors (Lipinski definition) is 3. The number of hydrogen-bond donors (Lipinski definition) is 0. The van der Waals surface area contributed by atoms with Crippen LogP contribution < -0.4 is 0 Å². The van der Waals surface area contributed by atoms with Crippen molar-refractivity contribution >= 4 is 11.8 Å². The molecule has 0 bridgehead atoms. The molecule has 180 valence electrons. The molecular formula is C25H24F4N2O3. The van der Waals surface area contributed by atoms with E-state index in [1.54, 1.807) is 38.1 Å². The average Bonchev–Trinajstić information content (AvgIpc) is 3.30. The molecule has 34 heavy (non-hydrogen) atoms. The zero-order chi connectivity index (χ0) is 24.9. The molecule has 9 heteroatoms. The smallest absolute Gasteiger partial charge is 0.416 e. The molecule has 0 fully saturated rings. The summed E-state index contributed by atoms with van der Waals surface area (Å²) in [5.41, 5.74) is -0.128. The Kier molecular flexibility index (Phi) is 7.75. The summed E-state index contributed by atoms with van der Waals surface area (Å²) in [6, 6.07) is 12.6. The van der Waals surface area contributed by atoms with Crippen LogP contribution in [-0.4, -0.2) is 34.2 Å². The van der Waals surface area contributed by atoms with Crippen molar-refractivity contribution in [1.29, 1.82) is 0 Å². The molecule has 0 spiro atoms. The Balaban J connectivity index is 1.79. The van der Waals surface area contributed by atoms with E-state index < -0.39 is 35.4 Å². The van der Waals surface area contributed by atoms with Gasteiger partial charge in [0.1, 0.15) is 18.1 Å². The van der Waals surface area contributed by atoms with E-state index in [-0.39, 0.29) is 25.2 Å². The van der Waals surface area contributed by atoms with Crippen molar-refractivity contribution in [3.8, 4) is 0 Å². The van der Waals surface area contributed by atoms with Crippen molar-refractivity contribution < 1.29 is 31.6 Å². The minimum absolute atomic E-state index is 0.0469. The molecule has 0 aliphatic carbocycles. The minimum Gasteiger partial charge on any atom is -0.467 e. The third-order valence-electron chi connectivity index (χ3n) is 5.22. The molecule has 0 radical (unpaired) electrons. The van der Waals surface area contributed by atoms with Crippen molar-refractivity contribution in [2.75, 3.05) is 6.54 Å². The van der Waals surface area contributed by atoms with Crippen LogP contribution in [0.5, 0.6) is 0 Å². The molecule has 0 unspecified atom stereocenters. The van der Waals surface area contributed by atoms with E-state index in [1.807, 2.05) is 0 Å². The first-order chi connectivity index (χ1) is 16.0. The van der Waals surface area contributed by atoms with E-state index in [9.17, 15) is 27.2 Å².